The van der Waals surface area contributed by atoms with Gasteiger partial charge >= 0.3 is 0 Å². The molecule has 0 aliphatic carbocycles. The summed E-state index contributed by atoms with van der Waals surface area (Å²) in [5.41, 5.74) is 0. The van der Waals surface area contributed by atoms with Gasteiger partial charge in [-0.2, -0.15) is 8.42 Å². The molecule has 6 heteroatoms. The molecule has 0 spiro atoms. The van der Waals surface area contributed by atoms with Gasteiger partial charge in [-0.15, -0.1) is 6.58 Å². The molecular formula is C24H34O4SSi. The highest BCUT2D eigenvalue weighted by Gasteiger charge is 2.50. The highest BCUT2D eigenvalue weighted by atomic mass is 32.2. The molecule has 2 aromatic carbocycles. The van der Waals surface area contributed by atoms with Crippen LogP contribution in [-0.2, 0) is 18.7 Å². The zero-order chi connectivity index (χ0) is 22.4. The third-order valence-corrected chi connectivity index (χ3v) is 11.1. The summed E-state index contributed by atoms with van der Waals surface area (Å²) in [6, 6.07) is 20.9. The van der Waals surface area contributed by atoms with Crippen molar-refractivity contribution in [3.63, 3.8) is 0 Å². The van der Waals surface area contributed by atoms with Crippen LogP contribution in [0.5, 0.6) is 0 Å². The summed E-state index contributed by atoms with van der Waals surface area (Å²) in [5.74, 6) is -0.0798. The largest absolute Gasteiger partial charge is 0.407 e. The molecule has 0 aromatic heterocycles. The van der Waals surface area contributed by atoms with Crippen molar-refractivity contribution < 1.29 is 17.0 Å². The third kappa shape index (κ3) is 5.91. The molecule has 0 unspecified atom stereocenters. The minimum atomic E-state index is -3.48. The van der Waals surface area contributed by atoms with Crippen molar-refractivity contribution >= 4 is 28.8 Å². The van der Waals surface area contributed by atoms with E-state index in [9.17, 15) is 8.42 Å². The molecule has 0 aliphatic heterocycles. The van der Waals surface area contributed by atoms with Crippen LogP contribution in [0.1, 0.15) is 27.7 Å². The molecule has 4 nitrogen and oxygen atoms in total. The monoisotopic (exact) mass is 446 g/mol. The fourth-order valence-electron chi connectivity index (χ4n) is 3.80. The lowest BCUT2D eigenvalue weighted by atomic mass is 9.96. The Hall–Kier alpha value is -1.73. The molecule has 0 heterocycles. The Morgan fingerprint density at radius 2 is 1.43 bits per heavy atom. The summed E-state index contributed by atoms with van der Waals surface area (Å²) in [5, 5.41) is 2.31. The molecule has 0 saturated carbocycles. The molecule has 164 valence electrons. The summed E-state index contributed by atoms with van der Waals surface area (Å²) < 4.78 is 34.7. The van der Waals surface area contributed by atoms with Crippen molar-refractivity contribution in [1.29, 1.82) is 0 Å². The van der Waals surface area contributed by atoms with E-state index >= 15 is 0 Å². The van der Waals surface area contributed by atoms with E-state index in [-0.39, 0.29) is 23.5 Å². The van der Waals surface area contributed by atoms with E-state index in [1.54, 1.807) is 0 Å². The highest BCUT2D eigenvalue weighted by Crippen LogP contribution is 2.37. The molecule has 0 N–H and O–H groups in total. The predicted molar refractivity (Wildman–Crippen MR) is 127 cm³/mol. The van der Waals surface area contributed by atoms with Crippen LogP contribution in [0.25, 0.3) is 0 Å². The Morgan fingerprint density at radius 3 is 1.80 bits per heavy atom. The number of hydrogen-bond donors (Lipinski definition) is 0. The van der Waals surface area contributed by atoms with Gasteiger partial charge in [0.2, 0.25) is 0 Å². The molecule has 2 aromatic rings. The lowest BCUT2D eigenvalue weighted by Gasteiger charge is -2.44. The van der Waals surface area contributed by atoms with Gasteiger partial charge in [0.15, 0.2) is 0 Å². The summed E-state index contributed by atoms with van der Waals surface area (Å²) in [7, 11) is -6.12. The van der Waals surface area contributed by atoms with Gasteiger partial charge in [-0.3, -0.25) is 4.18 Å². The first-order valence-electron chi connectivity index (χ1n) is 10.2. The Labute approximate surface area is 183 Å². The smallest absolute Gasteiger partial charge is 0.264 e. The minimum absolute atomic E-state index is 0.0339. The Morgan fingerprint density at radius 1 is 0.967 bits per heavy atom. The quantitative estimate of drug-likeness (QED) is 0.315. The maximum atomic E-state index is 11.4. The van der Waals surface area contributed by atoms with Crippen molar-refractivity contribution in [3.8, 4) is 0 Å². The molecule has 0 aliphatic rings. The number of hydrogen-bond acceptors (Lipinski definition) is 4. The summed E-state index contributed by atoms with van der Waals surface area (Å²) in [6.45, 7) is 13.2. The van der Waals surface area contributed by atoms with E-state index in [0.717, 1.165) is 6.26 Å². The van der Waals surface area contributed by atoms with E-state index in [1.165, 1.54) is 10.4 Å². The molecule has 0 radical (unpaired) electrons. The van der Waals surface area contributed by atoms with Crippen molar-refractivity contribution in [3.05, 3.63) is 73.3 Å². The number of benzene rings is 2. The van der Waals surface area contributed by atoms with Crippen molar-refractivity contribution in [2.45, 2.75) is 32.7 Å². The van der Waals surface area contributed by atoms with E-state index in [0.29, 0.717) is 6.61 Å². The van der Waals surface area contributed by atoms with Gasteiger partial charge < -0.3 is 4.43 Å². The van der Waals surface area contributed by atoms with E-state index in [2.05, 4.69) is 75.9 Å². The van der Waals surface area contributed by atoms with Crippen molar-refractivity contribution in [1.82, 2.24) is 0 Å². The standard InChI is InChI=1S/C24H34O4SSi/c1-7-21(20(2)18-27-29(6,25)26)19-28-30(24(3,4)5,22-14-10-8-11-15-22)23-16-12-9-13-17-23/h7-17,20-21H,1,18-19H2,2-6H3/t20-,21-/m1/s1. The van der Waals surface area contributed by atoms with Crippen LogP contribution in [0, 0.1) is 11.8 Å². The summed E-state index contributed by atoms with van der Waals surface area (Å²) in [4.78, 5) is 0. The average molecular weight is 447 g/mol. The van der Waals surface area contributed by atoms with Gasteiger partial charge in [-0.25, -0.2) is 0 Å². The molecule has 0 fully saturated rings. The normalized spacial score (nSPS) is 14.8. The van der Waals surface area contributed by atoms with Crippen LogP contribution in [0.4, 0.5) is 0 Å². The Balaban J connectivity index is 2.42. The molecular weight excluding hydrogens is 412 g/mol. The second kappa shape index (κ2) is 10.0. The molecule has 30 heavy (non-hydrogen) atoms. The second-order valence-electron chi connectivity index (χ2n) is 8.84. The lowest BCUT2D eigenvalue weighted by molar-refractivity contribution is 0.177. The topological polar surface area (TPSA) is 52.6 Å². The molecule has 0 amide bonds. The zero-order valence-corrected chi connectivity index (χ0v) is 20.5. The maximum Gasteiger partial charge on any atom is 0.264 e. The van der Waals surface area contributed by atoms with Crippen LogP contribution in [0.3, 0.4) is 0 Å². The summed E-state index contributed by atoms with van der Waals surface area (Å²) in [6.07, 6.45) is 2.91. The first kappa shape index (κ1) is 24.5. The van der Waals surface area contributed by atoms with Gasteiger partial charge in [0.05, 0.1) is 12.9 Å². The van der Waals surface area contributed by atoms with Gasteiger partial charge in [0.1, 0.15) is 0 Å². The Bertz CT molecular complexity index is 866. The van der Waals surface area contributed by atoms with E-state index in [4.69, 9.17) is 8.61 Å². The van der Waals surface area contributed by atoms with Crippen molar-refractivity contribution in [2.24, 2.45) is 11.8 Å². The highest BCUT2D eigenvalue weighted by molar-refractivity contribution is 7.85. The van der Waals surface area contributed by atoms with Crippen LogP contribution < -0.4 is 10.4 Å². The zero-order valence-electron chi connectivity index (χ0n) is 18.7. The van der Waals surface area contributed by atoms with Crippen LogP contribution in [-0.4, -0.2) is 36.2 Å². The first-order valence-corrected chi connectivity index (χ1v) is 14.0. The van der Waals surface area contributed by atoms with Gasteiger partial charge in [-0.05, 0) is 21.3 Å². The van der Waals surface area contributed by atoms with Gasteiger partial charge in [0, 0.05) is 12.5 Å². The molecule has 0 saturated heterocycles. The first-order chi connectivity index (χ1) is 14.0. The average Bonchev–Trinajstić information content (AvgIpc) is 2.69. The van der Waals surface area contributed by atoms with Gasteiger partial charge in [-0.1, -0.05) is 94.4 Å². The fourth-order valence-corrected chi connectivity index (χ4v) is 8.86. The fraction of sp³-hybridized carbons (Fsp3) is 0.417. The van der Waals surface area contributed by atoms with Crippen LogP contribution in [0.15, 0.2) is 73.3 Å². The Kier molecular flexibility index (Phi) is 8.22. The second-order valence-corrected chi connectivity index (χ2v) is 14.8. The minimum Gasteiger partial charge on any atom is -0.407 e. The lowest BCUT2D eigenvalue weighted by Crippen LogP contribution is -2.67. The maximum absolute atomic E-state index is 11.4. The third-order valence-electron chi connectivity index (χ3n) is 5.49. The number of rotatable bonds is 10. The van der Waals surface area contributed by atoms with Crippen LogP contribution in [0.2, 0.25) is 5.04 Å². The molecule has 2 rings (SSSR count). The van der Waals surface area contributed by atoms with Gasteiger partial charge in [0.25, 0.3) is 18.4 Å². The summed E-state index contributed by atoms with van der Waals surface area (Å²) >= 11 is 0. The predicted octanol–water partition coefficient (Wildman–Crippen LogP) is 3.98. The molecule has 2 atom stereocenters. The SMILES string of the molecule is C=C[C@H](CO[Si](c1ccccc1)(c1ccccc1)C(C)(C)C)[C@H](C)COS(C)(=O)=O. The van der Waals surface area contributed by atoms with E-state index in [1.807, 2.05) is 25.1 Å². The molecule has 0 bridgehead atoms. The van der Waals surface area contributed by atoms with Crippen molar-refractivity contribution in [2.75, 3.05) is 19.5 Å². The van der Waals surface area contributed by atoms with E-state index < -0.39 is 18.4 Å². The van der Waals surface area contributed by atoms with Crippen LogP contribution >= 0.6 is 0 Å².